The van der Waals surface area contributed by atoms with Crippen molar-refractivity contribution in [2.24, 2.45) is 4.99 Å². The van der Waals surface area contributed by atoms with Crippen LogP contribution >= 0.6 is 11.3 Å². The van der Waals surface area contributed by atoms with Gasteiger partial charge in [-0.25, -0.2) is 4.99 Å². The van der Waals surface area contributed by atoms with Crippen molar-refractivity contribution < 1.29 is 9.66 Å². The van der Waals surface area contributed by atoms with Crippen molar-refractivity contribution in [3.63, 3.8) is 0 Å². The summed E-state index contributed by atoms with van der Waals surface area (Å²) in [5.41, 5.74) is 5.34. The molecule has 0 saturated carbocycles. The van der Waals surface area contributed by atoms with Gasteiger partial charge in [-0.05, 0) is 56.0 Å². The van der Waals surface area contributed by atoms with Crippen LogP contribution in [0.4, 0.5) is 11.4 Å². The van der Waals surface area contributed by atoms with E-state index in [2.05, 4.69) is 35.9 Å². The van der Waals surface area contributed by atoms with Crippen LogP contribution in [0.15, 0.2) is 52.8 Å². The van der Waals surface area contributed by atoms with Gasteiger partial charge in [0, 0.05) is 24.1 Å². The molecule has 6 nitrogen and oxygen atoms in total. The number of hydrogen-bond acceptors (Lipinski definition) is 5. The van der Waals surface area contributed by atoms with Crippen molar-refractivity contribution in [1.82, 2.24) is 4.57 Å². The lowest BCUT2D eigenvalue weighted by molar-refractivity contribution is -0.384. The SMILES string of the molecule is Cc1ccc(N=c2scc(-c3ccc([N+](=O)[O-])cc3)n2CC2CCCO2)c(C)c1. The van der Waals surface area contributed by atoms with E-state index in [0.717, 1.165) is 53.3 Å². The molecule has 7 heteroatoms. The Morgan fingerprint density at radius 3 is 2.69 bits per heavy atom. The molecular formula is C22H23N3O3S. The van der Waals surface area contributed by atoms with E-state index in [0.29, 0.717) is 0 Å². The van der Waals surface area contributed by atoms with Gasteiger partial charge in [-0.2, -0.15) is 0 Å². The molecule has 4 rings (SSSR count). The predicted molar refractivity (Wildman–Crippen MR) is 115 cm³/mol. The van der Waals surface area contributed by atoms with E-state index in [1.807, 2.05) is 6.07 Å². The van der Waals surface area contributed by atoms with Crippen LogP contribution in [0.5, 0.6) is 0 Å². The standard InChI is InChI=1S/C22H23N3O3S/c1-15-5-10-20(16(2)12-15)23-22-24(13-19-4-3-11-28-19)21(14-29-22)17-6-8-18(9-7-17)25(26)27/h5-10,12,14,19H,3-4,11,13H2,1-2H3. The molecule has 3 aromatic rings. The first-order valence-corrected chi connectivity index (χ1v) is 10.6. The molecule has 29 heavy (non-hydrogen) atoms. The number of nitro benzene ring substituents is 1. The van der Waals surface area contributed by atoms with Gasteiger partial charge in [0.2, 0.25) is 0 Å². The lowest BCUT2D eigenvalue weighted by Gasteiger charge is -2.14. The van der Waals surface area contributed by atoms with Crippen molar-refractivity contribution in [1.29, 1.82) is 0 Å². The van der Waals surface area contributed by atoms with Crippen molar-refractivity contribution in [2.45, 2.75) is 39.3 Å². The lowest BCUT2D eigenvalue weighted by Crippen LogP contribution is -2.24. The molecule has 2 aromatic carbocycles. The summed E-state index contributed by atoms with van der Waals surface area (Å²) < 4.78 is 8.05. The summed E-state index contributed by atoms with van der Waals surface area (Å²) in [4.78, 5) is 16.4. The monoisotopic (exact) mass is 409 g/mol. The summed E-state index contributed by atoms with van der Waals surface area (Å²) in [5, 5.41) is 13.0. The molecule has 0 bridgehead atoms. The van der Waals surface area contributed by atoms with Gasteiger partial charge >= 0.3 is 0 Å². The smallest absolute Gasteiger partial charge is 0.269 e. The maximum Gasteiger partial charge on any atom is 0.269 e. The Morgan fingerprint density at radius 1 is 1.24 bits per heavy atom. The third-order valence-corrected chi connectivity index (χ3v) is 6.01. The van der Waals surface area contributed by atoms with Crippen LogP contribution in [0.3, 0.4) is 0 Å². The summed E-state index contributed by atoms with van der Waals surface area (Å²) in [6, 6.07) is 12.9. The highest BCUT2D eigenvalue weighted by Gasteiger charge is 2.19. The number of thiazole rings is 1. The van der Waals surface area contributed by atoms with Gasteiger partial charge < -0.3 is 9.30 Å². The van der Waals surface area contributed by atoms with Gasteiger partial charge in [-0.3, -0.25) is 10.1 Å². The molecule has 0 amide bonds. The molecule has 0 N–H and O–H groups in total. The summed E-state index contributed by atoms with van der Waals surface area (Å²) in [5.74, 6) is 0. The minimum atomic E-state index is -0.376. The first-order valence-electron chi connectivity index (χ1n) is 9.68. The largest absolute Gasteiger partial charge is 0.376 e. The Bertz CT molecular complexity index is 1090. The number of aromatic nitrogens is 1. The molecule has 1 aromatic heterocycles. The summed E-state index contributed by atoms with van der Waals surface area (Å²) in [6.45, 7) is 5.67. The topological polar surface area (TPSA) is 69.7 Å². The highest BCUT2D eigenvalue weighted by molar-refractivity contribution is 7.07. The van der Waals surface area contributed by atoms with E-state index < -0.39 is 0 Å². The number of nitrogens with zero attached hydrogens (tertiary/aromatic N) is 3. The van der Waals surface area contributed by atoms with E-state index in [1.54, 1.807) is 35.6 Å². The van der Waals surface area contributed by atoms with Crippen LogP contribution in [0.1, 0.15) is 24.0 Å². The minimum Gasteiger partial charge on any atom is -0.376 e. The van der Waals surface area contributed by atoms with Gasteiger partial charge in [0.25, 0.3) is 5.69 Å². The number of nitro groups is 1. The summed E-state index contributed by atoms with van der Waals surface area (Å²) in [7, 11) is 0. The normalized spacial score (nSPS) is 17.0. The van der Waals surface area contributed by atoms with Crippen molar-refractivity contribution in [2.75, 3.05) is 6.61 Å². The third kappa shape index (κ3) is 4.31. The highest BCUT2D eigenvalue weighted by Crippen LogP contribution is 2.26. The first-order chi connectivity index (χ1) is 14.0. The fourth-order valence-corrected chi connectivity index (χ4v) is 4.54. The summed E-state index contributed by atoms with van der Waals surface area (Å²) >= 11 is 1.58. The second-order valence-corrected chi connectivity index (χ2v) is 8.19. The Hall–Kier alpha value is -2.77. The van der Waals surface area contributed by atoms with Gasteiger partial charge in [-0.1, -0.05) is 17.7 Å². The maximum atomic E-state index is 11.0. The van der Waals surface area contributed by atoms with Crippen LogP contribution in [-0.4, -0.2) is 22.2 Å². The maximum absolute atomic E-state index is 11.0. The summed E-state index contributed by atoms with van der Waals surface area (Å²) in [6.07, 6.45) is 2.27. The van der Waals surface area contributed by atoms with Gasteiger partial charge in [0.1, 0.15) is 0 Å². The van der Waals surface area contributed by atoms with E-state index in [9.17, 15) is 10.1 Å². The van der Waals surface area contributed by atoms with Crippen LogP contribution in [-0.2, 0) is 11.3 Å². The van der Waals surface area contributed by atoms with Crippen LogP contribution in [0.2, 0.25) is 0 Å². The zero-order chi connectivity index (χ0) is 20.4. The van der Waals surface area contributed by atoms with Crippen LogP contribution < -0.4 is 4.80 Å². The van der Waals surface area contributed by atoms with Gasteiger partial charge in [-0.15, -0.1) is 11.3 Å². The average molecular weight is 410 g/mol. The van der Waals surface area contributed by atoms with Crippen LogP contribution in [0.25, 0.3) is 11.3 Å². The molecular weight excluding hydrogens is 386 g/mol. The molecule has 0 radical (unpaired) electrons. The molecule has 1 aliphatic heterocycles. The lowest BCUT2D eigenvalue weighted by atomic mass is 10.1. The Balaban J connectivity index is 1.79. The highest BCUT2D eigenvalue weighted by atomic mass is 32.1. The van der Waals surface area contributed by atoms with Gasteiger partial charge in [0.05, 0.1) is 29.0 Å². The van der Waals surface area contributed by atoms with Crippen molar-refractivity contribution in [3.8, 4) is 11.3 Å². The molecule has 1 atom stereocenters. The molecule has 150 valence electrons. The fraction of sp³-hybridized carbons (Fsp3) is 0.318. The molecule has 1 unspecified atom stereocenters. The van der Waals surface area contributed by atoms with E-state index in [-0.39, 0.29) is 16.7 Å². The predicted octanol–water partition coefficient (Wildman–Crippen LogP) is 5.15. The minimum absolute atomic E-state index is 0.0925. The molecule has 2 heterocycles. The van der Waals surface area contributed by atoms with Crippen LogP contribution in [0, 0.1) is 24.0 Å². The zero-order valence-corrected chi connectivity index (χ0v) is 17.3. The second kappa shape index (κ2) is 8.31. The number of rotatable bonds is 5. The molecule has 1 fully saturated rings. The Kier molecular flexibility index (Phi) is 5.60. The molecule has 1 aliphatic rings. The van der Waals surface area contributed by atoms with Gasteiger partial charge in [0.15, 0.2) is 4.80 Å². The van der Waals surface area contributed by atoms with E-state index in [1.165, 1.54) is 5.56 Å². The third-order valence-electron chi connectivity index (χ3n) is 5.15. The molecule has 1 saturated heterocycles. The first kappa shape index (κ1) is 19.5. The number of hydrogen-bond donors (Lipinski definition) is 0. The Morgan fingerprint density at radius 2 is 2.03 bits per heavy atom. The molecule has 0 spiro atoms. The zero-order valence-electron chi connectivity index (χ0n) is 16.5. The number of ether oxygens (including phenoxy) is 1. The number of aryl methyl sites for hydroxylation is 2. The fourth-order valence-electron chi connectivity index (χ4n) is 3.61. The average Bonchev–Trinajstić information content (AvgIpc) is 3.35. The quantitative estimate of drug-likeness (QED) is 0.432. The van der Waals surface area contributed by atoms with E-state index >= 15 is 0 Å². The van der Waals surface area contributed by atoms with E-state index in [4.69, 9.17) is 9.73 Å². The van der Waals surface area contributed by atoms with Crippen molar-refractivity contribution >= 4 is 22.7 Å². The number of benzene rings is 2. The van der Waals surface area contributed by atoms with Crippen molar-refractivity contribution in [3.05, 3.63) is 73.9 Å². The Labute approximate surface area is 173 Å². The molecule has 0 aliphatic carbocycles. The number of non-ortho nitro benzene ring substituents is 1. The second-order valence-electron chi connectivity index (χ2n) is 7.35.